The zero-order valence-corrected chi connectivity index (χ0v) is 23.8. The molecule has 0 fully saturated rings. The molecule has 40 heavy (non-hydrogen) atoms. The summed E-state index contributed by atoms with van der Waals surface area (Å²) >= 11 is 3.75. The maximum atomic E-state index is 5.63. The summed E-state index contributed by atoms with van der Waals surface area (Å²) in [6, 6.07) is 29.7. The summed E-state index contributed by atoms with van der Waals surface area (Å²) in [5.74, 6) is 2.83. The normalized spacial score (nSPS) is 10.1. The molecule has 0 radical (unpaired) electrons. The molecule has 6 rings (SSSR count). The number of furan rings is 1. The second-order valence-electron chi connectivity index (χ2n) is 10.0. The monoisotopic (exact) mass is 576 g/mol. The van der Waals surface area contributed by atoms with E-state index in [2.05, 4.69) is 114 Å². The van der Waals surface area contributed by atoms with Crippen molar-refractivity contribution in [3.8, 4) is 0 Å². The molecule has 0 unspecified atom stereocenters. The van der Waals surface area contributed by atoms with Crippen LogP contribution in [0.2, 0.25) is 0 Å². The van der Waals surface area contributed by atoms with Crippen LogP contribution in [0.25, 0.3) is 31.1 Å². The Kier molecular flexibility index (Phi) is 15.8. The lowest BCUT2D eigenvalue weighted by molar-refractivity contribution is 0.522. The highest BCUT2D eigenvalue weighted by Crippen LogP contribution is 2.31. The van der Waals surface area contributed by atoms with Gasteiger partial charge in [0, 0.05) is 25.6 Å². The predicted molar refractivity (Wildman–Crippen MR) is 189 cm³/mol. The average Bonchev–Trinajstić information content (AvgIpc) is 3.61. The molecule has 0 aliphatic carbocycles. The van der Waals surface area contributed by atoms with Gasteiger partial charge >= 0.3 is 0 Å². The van der Waals surface area contributed by atoms with Crippen molar-refractivity contribution in [2.24, 2.45) is 0 Å². The molecule has 0 aliphatic heterocycles. The van der Waals surface area contributed by atoms with Crippen molar-refractivity contribution < 1.29 is 4.42 Å². The minimum atomic E-state index is 0. The maximum Gasteiger partial charge on any atom is 0.134 e. The van der Waals surface area contributed by atoms with Gasteiger partial charge in [0.25, 0.3) is 0 Å². The Hall–Kier alpha value is -2.88. The summed E-state index contributed by atoms with van der Waals surface area (Å²) in [4.78, 5) is 1.48. The average molecular weight is 577 g/mol. The molecule has 0 N–H and O–H groups in total. The first kappa shape index (κ1) is 37.1. The molecule has 3 heteroatoms. The van der Waals surface area contributed by atoms with E-state index in [4.69, 9.17) is 4.42 Å². The topological polar surface area (TPSA) is 13.1 Å². The number of rotatable bonds is 3. The lowest BCUT2D eigenvalue weighted by Crippen LogP contribution is -1.82. The largest absolute Gasteiger partial charge is 0.461 e. The van der Waals surface area contributed by atoms with E-state index in [1.54, 1.807) is 0 Å². The molecule has 0 saturated heterocycles. The van der Waals surface area contributed by atoms with Crippen molar-refractivity contribution in [3.05, 3.63) is 107 Å². The Morgan fingerprint density at radius 3 is 1.73 bits per heavy atom. The number of fused-ring (bicyclic) bond motifs is 3. The molecule has 0 amide bonds. The van der Waals surface area contributed by atoms with E-state index in [1.165, 1.54) is 36.0 Å². The van der Waals surface area contributed by atoms with Crippen LogP contribution < -0.4 is 0 Å². The van der Waals surface area contributed by atoms with Gasteiger partial charge in [-0.3, -0.25) is 0 Å². The van der Waals surface area contributed by atoms with Crippen LogP contribution in [0.1, 0.15) is 105 Å². The number of benzene rings is 3. The third kappa shape index (κ3) is 9.08. The minimum absolute atomic E-state index is 0. The predicted octanol–water partition coefficient (Wildman–Crippen LogP) is 14.1. The second kappa shape index (κ2) is 17.0. The van der Waals surface area contributed by atoms with Gasteiger partial charge in [-0.1, -0.05) is 126 Å². The molecule has 1 nitrogen and oxygen atoms in total. The van der Waals surface area contributed by atoms with Crippen molar-refractivity contribution in [2.45, 2.75) is 89.0 Å². The van der Waals surface area contributed by atoms with Crippen LogP contribution in [0.15, 0.2) is 94.7 Å². The van der Waals surface area contributed by atoms with E-state index in [0.717, 1.165) is 11.3 Å². The highest BCUT2D eigenvalue weighted by atomic mass is 32.1. The van der Waals surface area contributed by atoms with Crippen molar-refractivity contribution >= 4 is 53.8 Å². The Morgan fingerprint density at radius 1 is 0.575 bits per heavy atom. The van der Waals surface area contributed by atoms with Crippen molar-refractivity contribution in [1.82, 2.24) is 0 Å². The first-order valence-corrected chi connectivity index (χ1v) is 14.5. The van der Waals surface area contributed by atoms with Gasteiger partial charge in [-0.25, -0.2) is 0 Å². The minimum Gasteiger partial charge on any atom is -0.461 e. The Bertz CT molecular complexity index is 1370. The standard InChI is InChI=1S/C11H12O.2C11H12S.4CH4/c1-8(2)11-7-9-5-3-4-6-10(9)12-11;1-8(2)10-7-12-11-6-4-3-5-9(10)11;1-8(2)11-7-9-5-3-4-6-10(9)12-11;;;;/h3*3-8H,1-2H3;4*1H4. The van der Waals surface area contributed by atoms with Gasteiger partial charge in [0.15, 0.2) is 0 Å². The lowest BCUT2D eigenvalue weighted by Gasteiger charge is -2.01. The molecule has 0 bridgehead atoms. The first-order chi connectivity index (χ1) is 17.3. The zero-order chi connectivity index (χ0) is 25.7. The number of thiophene rings is 2. The summed E-state index contributed by atoms with van der Waals surface area (Å²) in [7, 11) is 0. The molecular weight excluding hydrogens is 525 g/mol. The number of para-hydroxylation sites is 1. The van der Waals surface area contributed by atoms with E-state index >= 15 is 0 Å². The summed E-state index contributed by atoms with van der Waals surface area (Å²) in [5, 5.41) is 6.28. The van der Waals surface area contributed by atoms with Gasteiger partial charge in [-0.15, -0.1) is 22.7 Å². The highest BCUT2D eigenvalue weighted by Gasteiger charge is 2.06. The Balaban J connectivity index is 0.000000543. The van der Waals surface area contributed by atoms with E-state index in [1.807, 2.05) is 40.9 Å². The van der Waals surface area contributed by atoms with Gasteiger partial charge in [0.1, 0.15) is 11.3 Å². The third-order valence-corrected chi connectivity index (χ3v) is 8.56. The first-order valence-electron chi connectivity index (χ1n) is 12.8. The molecule has 0 saturated carbocycles. The quantitative estimate of drug-likeness (QED) is 0.204. The summed E-state index contributed by atoms with van der Waals surface area (Å²) in [6.45, 7) is 13.2. The van der Waals surface area contributed by atoms with Gasteiger partial charge in [0.05, 0.1) is 0 Å². The smallest absolute Gasteiger partial charge is 0.134 e. The van der Waals surface area contributed by atoms with E-state index in [0.29, 0.717) is 17.8 Å². The second-order valence-corrected chi connectivity index (χ2v) is 12.1. The van der Waals surface area contributed by atoms with Crippen LogP contribution in [0.4, 0.5) is 0 Å². The van der Waals surface area contributed by atoms with E-state index in [9.17, 15) is 0 Å². The molecule has 3 heterocycles. The van der Waals surface area contributed by atoms with Crippen LogP contribution in [0.3, 0.4) is 0 Å². The van der Waals surface area contributed by atoms with Crippen molar-refractivity contribution in [1.29, 1.82) is 0 Å². The lowest BCUT2D eigenvalue weighted by atomic mass is 10.0. The summed E-state index contributed by atoms with van der Waals surface area (Å²) in [6.07, 6.45) is 0. The fraction of sp³-hybridized carbons (Fsp3) is 0.351. The highest BCUT2D eigenvalue weighted by molar-refractivity contribution is 7.19. The van der Waals surface area contributed by atoms with Crippen LogP contribution >= 0.6 is 22.7 Å². The summed E-state index contributed by atoms with van der Waals surface area (Å²) < 4.78 is 8.44. The molecule has 3 aromatic carbocycles. The van der Waals surface area contributed by atoms with Gasteiger partial charge in [-0.05, 0) is 63.9 Å². The van der Waals surface area contributed by atoms with Gasteiger partial charge in [-0.2, -0.15) is 0 Å². The van der Waals surface area contributed by atoms with E-state index < -0.39 is 0 Å². The van der Waals surface area contributed by atoms with Crippen LogP contribution in [-0.2, 0) is 0 Å². The molecule has 0 aliphatic rings. The van der Waals surface area contributed by atoms with Gasteiger partial charge < -0.3 is 4.42 Å². The van der Waals surface area contributed by atoms with Gasteiger partial charge in [0.2, 0.25) is 0 Å². The SMILES string of the molecule is C.C.C.C.CC(C)c1cc2ccccc2o1.CC(C)c1cc2ccccc2s1.CC(C)c1csc2ccccc12. The molecule has 3 aromatic heterocycles. The summed E-state index contributed by atoms with van der Waals surface area (Å²) in [5.41, 5.74) is 2.47. The van der Waals surface area contributed by atoms with Crippen LogP contribution in [0, 0.1) is 0 Å². The Labute approximate surface area is 252 Å². The van der Waals surface area contributed by atoms with E-state index in [-0.39, 0.29) is 29.7 Å². The maximum absolute atomic E-state index is 5.63. The zero-order valence-electron chi connectivity index (χ0n) is 22.1. The number of hydrogen-bond donors (Lipinski definition) is 0. The van der Waals surface area contributed by atoms with Crippen molar-refractivity contribution in [2.75, 3.05) is 0 Å². The molecule has 218 valence electrons. The van der Waals surface area contributed by atoms with Crippen LogP contribution in [-0.4, -0.2) is 0 Å². The fourth-order valence-corrected chi connectivity index (χ4v) is 6.21. The Morgan fingerprint density at radius 2 is 1.15 bits per heavy atom. The third-order valence-electron chi connectivity index (χ3n) is 6.16. The molecule has 0 atom stereocenters. The molecular formula is C37H52OS2. The number of hydrogen-bond acceptors (Lipinski definition) is 3. The van der Waals surface area contributed by atoms with Crippen LogP contribution in [0.5, 0.6) is 0 Å². The molecule has 0 spiro atoms. The fourth-order valence-electron chi connectivity index (χ4n) is 4.02. The van der Waals surface area contributed by atoms with Crippen molar-refractivity contribution in [3.63, 3.8) is 0 Å². The molecule has 6 aromatic rings.